The molecular formula is C13H11N3O2S. The second-order valence-corrected chi connectivity index (χ2v) is 5.80. The lowest BCUT2D eigenvalue weighted by Gasteiger charge is -2.05. The Kier molecular flexibility index (Phi) is 3.85. The summed E-state index contributed by atoms with van der Waals surface area (Å²) in [7, 11) is -3.48. The topological polar surface area (TPSA) is 82.9 Å². The number of hydrogen-bond donors (Lipinski definition) is 0. The number of rotatable bonds is 4. The first-order chi connectivity index (χ1) is 9.14. The van der Waals surface area contributed by atoms with Crippen LogP contribution in [0.15, 0.2) is 69.5 Å². The van der Waals surface area contributed by atoms with E-state index in [-0.39, 0.29) is 16.3 Å². The van der Waals surface area contributed by atoms with E-state index in [2.05, 4.69) is 10.0 Å². The van der Waals surface area contributed by atoms with Crippen molar-refractivity contribution in [3.05, 3.63) is 70.6 Å². The fourth-order valence-corrected chi connectivity index (χ4v) is 2.91. The van der Waals surface area contributed by atoms with Crippen molar-refractivity contribution in [2.24, 2.45) is 5.11 Å². The molecule has 0 atom stereocenters. The average molecular weight is 273 g/mol. The van der Waals surface area contributed by atoms with Crippen LogP contribution in [-0.4, -0.2) is 8.42 Å². The van der Waals surface area contributed by atoms with E-state index in [9.17, 15) is 8.42 Å². The first-order valence-electron chi connectivity index (χ1n) is 5.54. The summed E-state index contributed by atoms with van der Waals surface area (Å²) in [4.78, 5) is 3.14. The minimum atomic E-state index is -3.48. The molecule has 0 aliphatic heterocycles. The fourth-order valence-electron chi connectivity index (χ4n) is 1.62. The maximum Gasteiger partial charge on any atom is 0.206 e. The van der Waals surface area contributed by atoms with Crippen LogP contribution < -0.4 is 0 Å². The fraction of sp³-hybridized carbons (Fsp3) is 0.0769. The zero-order valence-electron chi connectivity index (χ0n) is 9.97. The first kappa shape index (κ1) is 13.1. The monoisotopic (exact) mass is 273 g/mol. The van der Waals surface area contributed by atoms with Gasteiger partial charge in [0.15, 0.2) is 0 Å². The minimum absolute atomic E-state index is 0.210. The molecule has 0 unspecified atom stereocenters. The van der Waals surface area contributed by atoms with Crippen molar-refractivity contribution in [1.29, 1.82) is 0 Å². The lowest BCUT2D eigenvalue weighted by atomic mass is 10.2. The molecular weight excluding hydrogens is 262 g/mol. The van der Waals surface area contributed by atoms with Gasteiger partial charge >= 0.3 is 0 Å². The molecule has 0 aliphatic rings. The van der Waals surface area contributed by atoms with Gasteiger partial charge in [-0.25, -0.2) is 8.42 Å². The molecule has 5 nitrogen and oxygen atoms in total. The molecule has 2 rings (SSSR count). The quantitative estimate of drug-likeness (QED) is 0.486. The SMILES string of the molecule is [N-]=[N+]=NCc1ccc(S(=O)(=O)c2ccccc2)cc1. The van der Waals surface area contributed by atoms with Crippen molar-refractivity contribution in [2.75, 3.05) is 0 Å². The van der Waals surface area contributed by atoms with Gasteiger partial charge in [-0.3, -0.25) is 0 Å². The minimum Gasteiger partial charge on any atom is -0.219 e. The summed E-state index contributed by atoms with van der Waals surface area (Å²) in [5.41, 5.74) is 8.99. The zero-order valence-corrected chi connectivity index (χ0v) is 10.8. The van der Waals surface area contributed by atoms with Crippen LogP contribution in [0.3, 0.4) is 0 Å². The van der Waals surface area contributed by atoms with E-state index in [1.165, 1.54) is 12.1 Å². The largest absolute Gasteiger partial charge is 0.219 e. The maximum absolute atomic E-state index is 12.3. The highest BCUT2D eigenvalue weighted by molar-refractivity contribution is 7.91. The predicted octanol–water partition coefficient (Wildman–Crippen LogP) is 3.33. The molecule has 0 saturated heterocycles. The van der Waals surface area contributed by atoms with E-state index in [1.807, 2.05) is 0 Å². The van der Waals surface area contributed by atoms with Gasteiger partial charge in [0.2, 0.25) is 9.84 Å². The van der Waals surface area contributed by atoms with Crippen LogP contribution in [0.2, 0.25) is 0 Å². The maximum atomic E-state index is 12.3. The second kappa shape index (κ2) is 5.56. The van der Waals surface area contributed by atoms with Crippen LogP contribution in [-0.2, 0) is 16.4 Å². The molecule has 0 aromatic heterocycles. The molecule has 0 aliphatic carbocycles. The Labute approximate surface area is 111 Å². The molecule has 0 bridgehead atoms. The van der Waals surface area contributed by atoms with Gasteiger partial charge in [0.05, 0.1) is 16.3 Å². The zero-order chi connectivity index (χ0) is 13.7. The van der Waals surface area contributed by atoms with Gasteiger partial charge in [-0.2, -0.15) is 0 Å². The molecule has 6 heteroatoms. The van der Waals surface area contributed by atoms with Crippen molar-refractivity contribution in [2.45, 2.75) is 16.3 Å². The van der Waals surface area contributed by atoms with E-state index >= 15 is 0 Å². The highest BCUT2D eigenvalue weighted by Crippen LogP contribution is 2.20. The Morgan fingerprint density at radius 3 is 2.11 bits per heavy atom. The number of sulfone groups is 1. The van der Waals surface area contributed by atoms with Crippen molar-refractivity contribution in [3.8, 4) is 0 Å². The van der Waals surface area contributed by atoms with Crippen LogP contribution in [0.1, 0.15) is 5.56 Å². The van der Waals surface area contributed by atoms with Crippen LogP contribution in [0.4, 0.5) is 0 Å². The summed E-state index contributed by atoms with van der Waals surface area (Å²) in [5.74, 6) is 0. The van der Waals surface area contributed by atoms with Gasteiger partial charge in [-0.1, -0.05) is 35.4 Å². The molecule has 0 N–H and O–H groups in total. The summed E-state index contributed by atoms with van der Waals surface area (Å²) < 4.78 is 24.6. The summed E-state index contributed by atoms with van der Waals surface area (Å²) >= 11 is 0. The molecule has 0 heterocycles. The van der Waals surface area contributed by atoms with Crippen molar-refractivity contribution in [3.63, 3.8) is 0 Å². The number of nitrogens with zero attached hydrogens (tertiary/aromatic N) is 3. The lowest BCUT2D eigenvalue weighted by Crippen LogP contribution is -2.01. The Morgan fingerprint density at radius 2 is 1.53 bits per heavy atom. The molecule has 96 valence electrons. The molecule has 0 spiro atoms. The Balaban J connectivity index is 2.34. The third-order valence-electron chi connectivity index (χ3n) is 2.60. The molecule has 0 fully saturated rings. The smallest absolute Gasteiger partial charge is 0.206 e. The second-order valence-electron chi connectivity index (χ2n) is 3.85. The Bertz CT molecular complexity index is 703. The molecule has 19 heavy (non-hydrogen) atoms. The van der Waals surface area contributed by atoms with E-state index in [0.29, 0.717) is 0 Å². The highest BCUT2D eigenvalue weighted by Gasteiger charge is 2.16. The lowest BCUT2D eigenvalue weighted by molar-refractivity contribution is 0.596. The van der Waals surface area contributed by atoms with Gasteiger partial charge in [-0.05, 0) is 35.4 Å². The summed E-state index contributed by atoms with van der Waals surface area (Å²) in [6.45, 7) is 0.210. The van der Waals surface area contributed by atoms with E-state index in [0.717, 1.165) is 5.56 Å². The van der Waals surface area contributed by atoms with Gasteiger partial charge in [0.25, 0.3) is 0 Å². The average Bonchev–Trinajstić information content (AvgIpc) is 2.46. The van der Waals surface area contributed by atoms with Crippen LogP contribution in [0.5, 0.6) is 0 Å². The van der Waals surface area contributed by atoms with Crippen molar-refractivity contribution >= 4 is 9.84 Å². The Morgan fingerprint density at radius 1 is 0.947 bits per heavy atom. The van der Waals surface area contributed by atoms with Gasteiger partial charge in [-0.15, -0.1) is 0 Å². The predicted molar refractivity (Wildman–Crippen MR) is 71.2 cm³/mol. The van der Waals surface area contributed by atoms with E-state index < -0.39 is 9.84 Å². The summed E-state index contributed by atoms with van der Waals surface area (Å²) in [5, 5.41) is 3.42. The van der Waals surface area contributed by atoms with E-state index in [1.54, 1.807) is 42.5 Å². The molecule has 0 amide bonds. The molecule has 2 aromatic carbocycles. The van der Waals surface area contributed by atoms with Crippen molar-refractivity contribution < 1.29 is 8.42 Å². The van der Waals surface area contributed by atoms with Crippen LogP contribution >= 0.6 is 0 Å². The third kappa shape index (κ3) is 2.93. The van der Waals surface area contributed by atoms with Gasteiger partial charge in [0, 0.05) is 4.91 Å². The summed E-state index contributed by atoms with van der Waals surface area (Å²) in [6, 6.07) is 14.6. The van der Waals surface area contributed by atoms with Crippen LogP contribution in [0.25, 0.3) is 10.4 Å². The first-order valence-corrected chi connectivity index (χ1v) is 7.03. The normalized spacial score (nSPS) is 10.7. The number of benzene rings is 2. The summed E-state index contributed by atoms with van der Waals surface area (Å²) in [6.07, 6.45) is 0. The number of hydrogen-bond acceptors (Lipinski definition) is 3. The number of azide groups is 1. The van der Waals surface area contributed by atoms with Crippen LogP contribution in [0, 0.1) is 0 Å². The molecule has 0 radical (unpaired) electrons. The van der Waals surface area contributed by atoms with Gasteiger partial charge < -0.3 is 0 Å². The standard InChI is InChI=1S/C13H11N3O2S/c14-16-15-10-11-6-8-13(9-7-11)19(17,18)12-4-2-1-3-5-12/h1-9H,10H2. The highest BCUT2D eigenvalue weighted by atomic mass is 32.2. The van der Waals surface area contributed by atoms with Crippen molar-refractivity contribution in [1.82, 2.24) is 0 Å². The van der Waals surface area contributed by atoms with Gasteiger partial charge in [0.1, 0.15) is 0 Å². The molecule has 0 saturated carbocycles. The Hall–Kier alpha value is -2.30. The van der Waals surface area contributed by atoms with E-state index in [4.69, 9.17) is 5.53 Å². The molecule has 2 aromatic rings. The third-order valence-corrected chi connectivity index (χ3v) is 4.39.